The summed E-state index contributed by atoms with van der Waals surface area (Å²) in [5.74, 6) is -0.0515. The van der Waals surface area contributed by atoms with E-state index in [1.807, 2.05) is 18.7 Å². The number of nitrogens with zero attached hydrogens (tertiary/aromatic N) is 1. The van der Waals surface area contributed by atoms with Crippen LogP contribution in [-0.4, -0.2) is 37.0 Å². The molecule has 22 heavy (non-hydrogen) atoms. The fraction of sp³-hybridized carbons (Fsp3) is 0.667. The van der Waals surface area contributed by atoms with Crippen molar-refractivity contribution >= 4 is 11.9 Å². The SMILES string of the molecule is CCN(CC)C(=O)/C=C1\CCC[C@@]2(C(=O)OC)CCC=C[C@@H]12. The number of methoxy groups -OCH3 is 1. The Morgan fingerprint density at radius 3 is 2.73 bits per heavy atom. The summed E-state index contributed by atoms with van der Waals surface area (Å²) in [4.78, 5) is 26.6. The maximum Gasteiger partial charge on any atom is 0.312 e. The van der Waals surface area contributed by atoms with Crippen molar-refractivity contribution in [3.8, 4) is 0 Å². The molecule has 0 spiro atoms. The molecular weight excluding hydrogens is 278 g/mol. The third-order valence-electron chi connectivity index (χ3n) is 5.14. The average Bonchev–Trinajstić information content (AvgIpc) is 2.55. The van der Waals surface area contributed by atoms with Crippen molar-refractivity contribution in [1.82, 2.24) is 4.90 Å². The van der Waals surface area contributed by atoms with Gasteiger partial charge < -0.3 is 9.64 Å². The smallest absolute Gasteiger partial charge is 0.312 e. The Hall–Kier alpha value is -1.58. The lowest BCUT2D eigenvalue weighted by Gasteiger charge is -2.44. The second-order valence-corrected chi connectivity index (χ2v) is 6.18. The van der Waals surface area contributed by atoms with Crippen LogP contribution in [0.1, 0.15) is 46.0 Å². The van der Waals surface area contributed by atoms with Gasteiger partial charge in [-0.25, -0.2) is 0 Å². The summed E-state index contributed by atoms with van der Waals surface area (Å²) in [6.45, 7) is 5.39. The molecule has 2 aliphatic rings. The maximum absolute atomic E-state index is 12.4. The molecule has 0 aromatic carbocycles. The van der Waals surface area contributed by atoms with E-state index in [1.54, 1.807) is 6.08 Å². The van der Waals surface area contributed by atoms with Gasteiger partial charge in [0.15, 0.2) is 0 Å². The molecule has 2 rings (SSSR count). The quantitative estimate of drug-likeness (QED) is 0.455. The van der Waals surface area contributed by atoms with Gasteiger partial charge in [0.1, 0.15) is 0 Å². The molecule has 0 aromatic rings. The molecule has 1 amide bonds. The minimum Gasteiger partial charge on any atom is -0.469 e. The highest BCUT2D eigenvalue weighted by molar-refractivity contribution is 5.89. The van der Waals surface area contributed by atoms with Crippen LogP contribution in [0.25, 0.3) is 0 Å². The number of hydrogen-bond donors (Lipinski definition) is 0. The molecule has 0 unspecified atom stereocenters. The minimum absolute atomic E-state index is 0.0157. The predicted octanol–water partition coefficient (Wildman–Crippen LogP) is 3.09. The van der Waals surface area contributed by atoms with Gasteiger partial charge in [0, 0.05) is 25.1 Å². The lowest BCUT2D eigenvalue weighted by molar-refractivity contribution is -0.157. The van der Waals surface area contributed by atoms with Crippen molar-refractivity contribution in [1.29, 1.82) is 0 Å². The Bertz CT molecular complexity index is 491. The summed E-state index contributed by atoms with van der Waals surface area (Å²) in [5, 5.41) is 0. The molecule has 4 nitrogen and oxygen atoms in total. The van der Waals surface area contributed by atoms with E-state index in [9.17, 15) is 9.59 Å². The molecule has 2 aliphatic carbocycles. The van der Waals surface area contributed by atoms with Crippen molar-refractivity contribution in [2.75, 3.05) is 20.2 Å². The molecule has 0 N–H and O–H groups in total. The summed E-state index contributed by atoms with van der Waals surface area (Å²) in [5.41, 5.74) is 0.626. The molecule has 0 aromatic heterocycles. The van der Waals surface area contributed by atoms with Crippen LogP contribution in [0.5, 0.6) is 0 Å². The summed E-state index contributed by atoms with van der Waals surface area (Å²) in [7, 11) is 1.46. The lowest BCUT2D eigenvalue weighted by Crippen LogP contribution is -2.44. The first-order valence-electron chi connectivity index (χ1n) is 8.33. The number of carbonyl (C=O) groups is 2. The summed E-state index contributed by atoms with van der Waals surface area (Å²) in [6.07, 6.45) is 10.4. The van der Waals surface area contributed by atoms with E-state index in [4.69, 9.17) is 4.74 Å². The number of rotatable bonds is 4. The fourth-order valence-electron chi connectivity index (χ4n) is 3.92. The first-order chi connectivity index (χ1) is 10.6. The van der Waals surface area contributed by atoms with Gasteiger partial charge in [-0.15, -0.1) is 0 Å². The lowest BCUT2D eigenvalue weighted by atomic mass is 9.60. The van der Waals surface area contributed by atoms with Crippen LogP contribution in [0, 0.1) is 11.3 Å². The molecule has 0 aliphatic heterocycles. The number of amides is 1. The standard InChI is InChI=1S/C18H27NO3/c1-4-19(5-2)16(20)13-14-9-8-12-18(17(21)22-3)11-7-6-10-15(14)18/h6,10,13,15H,4-5,7-9,11-12H2,1-3H3/b14-13+/t15-,18-/m0/s1. The fourth-order valence-corrected chi connectivity index (χ4v) is 3.92. The van der Waals surface area contributed by atoms with Gasteiger partial charge in [-0.3, -0.25) is 9.59 Å². The van der Waals surface area contributed by atoms with Crippen LogP contribution in [0.15, 0.2) is 23.8 Å². The topological polar surface area (TPSA) is 46.6 Å². The van der Waals surface area contributed by atoms with Crippen molar-refractivity contribution in [3.63, 3.8) is 0 Å². The second kappa shape index (κ2) is 7.12. The third-order valence-corrected chi connectivity index (χ3v) is 5.14. The second-order valence-electron chi connectivity index (χ2n) is 6.18. The van der Waals surface area contributed by atoms with E-state index in [2.05, 4.69) is 12.2 Å². The number of likely N-dealkylation sites (N-methyl/N-ethyl adjacent to an activating group) is 1. The van der Waals surface area contributed by atoms with Crippen molar-refractivity contribution in [2.24, 2.45) is 11.3 Å². The van der Waals surface area contributed by atoms with E-state index in [1.165, 1.54) is 7.11 Å². The van der Waals surface area contributed by atoms with E-state index in [0.29, 0.717) is 13.1 Å². The highest BCUT2D eigenvalue weighted by Crippen LogP contribution is 2.51. The summed E-state index contributed by atoms with van der Waals surface area (Å²) >= 11 is 0. The summed E-state index contributed by atoms with van der Waals surface area (Å²) < 4.78 is 5.10. The number of esters is 1. The molecule has 2 atom stereocenters. The van der Waals surface area contributed by atoms with Gasteiger partial charge in [0.05, 0.1) is 12.5 Å². The number of hydrogen-bond acceptors (Lipinski definition) is 3. The molecular formula is C18H27NO3. The Morgan fingerprint density at radius 1 is 1.36 bits per heavy atom. The first kappa shape index (κ1) is 16.8. The molecule has 0 heterocycles. The van der Waals surface area contributed by atoms with Gasteiger partial charge in [-0.2, -0.15) is 0 Å². The number of carbonyl (C=O) groups excluding carboxylic acids is 2. The van der Waals surface area contributed by atoms with Gasteiger partial charge in [-0.1, -0.05) is 17.7 Å². The Morgan fingerprint density at radius 2 is 2.09 bits per heavy atom. The monoisotopic (exact) mass is 305 g/mol. The predicted molar refractivity (Wildman–Crippen MR) is 86.2 cm³/mol. The van der Waals surface area contributed by atoms with Gasteiger partial charge in [0.25, 0.3) is 0 Å². The average molecular weight is 305 g/mol. The van der Waals surface area contributed by atoms with Crippen LogP contribution >= 0.6 is 0 Å². The molecule has 122 valence electrons. The van der Waals surface area contributed by atoms with E-state index >= 15 is 0 Å². The largest absolute Gasteiger partial charge is 0.469 e. The van der Waals surface area contributed by atoms with Crippen LogP contribution in [0.3, 0.4) is 0 Å². The molecule has 0 radical (unpaired) electrons. The van der Waals surface area contributed by atoms with Crippen molar-refractivity contribution in [2.45, 2.75) is 46.0 Å². The van der Waals surface area contributed by atoms with E-state index in [-0.39, 0.29) is 17.8 Å². The molecule has 0 bridgehead atoms. The van der Waals surface area contributed by atoms with Crippen LogP contribution in [0.2, 0.25) is 0 Å². The zero-order valence-corrected chi connectivity index (χ0v) is 13.9. The Balaban J connectivity index is 2.33. The van der Waals surface area contributed by atoms with Crippen molar-refractivity contribution in [3.05, 3.63) is 23.8 Å². The third kappa shape index (κ3) is 2.96. The number of fused-ring (bicyclic) bond motifs is 1. The van der Waals surface area contributed by atoms with Crippen LogP contribution < -0.4 is 0 Å². The maximum atomic E-state index is 12.4. The number of ether oxygens (including phenoxy) is 1. The molecule has 1 saturated carbocycles. The van der Waals surface area contributed by atoms with Gasteiger partial charge >= 0.3 is 5.97 Å². The minimum atomic E-state index is -0.461. The zero-order chi connectivity index (χ0) is 16.2. The molecule has 4 heteroatoms. The van der Waals surface area contributed by atoms with Crippen molar-refractivity contribution < 1.29 is 14.3 Å². The van der Waals surface area contributed by atoms with Crippen LogP contribution in [0.4, 0.5) is 0 Å². The highest BCUT2D eigenvalue weighted by atomic mass is 16.5. The zero-order valence-electron chi connectivity index (χ0n) is 13.9. The number of allylic oxidation sites excluding steroid dienone is 3. The van der Waals surface area contributed by atoms with Gasteiger partial charge in [-0.05, 0) is 46.0 Å². The van der Waals surface area contributed by atoms with E-state index in [0.717, 1.165) is 37.7 Å². The molecule has 1 fully saturated rings. The Kier molecular flexibility index (Phi) is 5.43. The Labute approximate surface area is 133 Å². The van der Waals surface area contributed by atoms with Gasteiger partial charge in [0.2, 0.25) is 5.91 Å². The summed E-state index contributed by atoms with van der Waals surface area (Å²) in [6, 6.07) is 0. The normalized spacial score (nSPS) is 29.0. The highest BCUT2D eigenvalue weighted by Gasteiger charge is 2.49. The first-order valence-corrected chi connectivity index (χ1v) is 8.33. The van der Waals surface area contributed by atoms with Crippen LogP contribution in [-0.2, 0) is 14.3 Å². The van der Waals surface area contributed by atoms with E-state index < -0.39 is 5.41 Å². The molecule has 0 saturated heterocycles.